The van der Waals surface area contributed by atoms with Gasteiger partial charge in [-0.3, -0.25) is 0 Å². The maximum Gasteiger partial charge on any atom is 0.0762 e. The van der Waals surface area contributed by atoms with E-state index in [9.17, 15) is 5.11 Å². The van der Waals surface area contributed by atoms with Crippen molar-refractivity contribution in [2.75, 3.05) is 0 Å². The summed E-state index contributed by atoms with van der Waals surface area (Å²) in [7, 11) is 0. The fourth-order valence-corrected chi connectivity index (χ4v) is 5.45. The predicted octanol–water partition coefficient (Wildman–Crippen LogP) is 3.61. The van der Waals surface area contributed by atoms with Crippen molar-refractivity contribution < 1.29 is 5.11 Å². The van der Waals surface area contributed by atoms with E-state index in [1.54, 1.807) is 0 Å². The van der Waals surface area contributed by atoms with Gasteiger partial charge in [0.2, 0.25) is 0 Å². The molecule has 5 atom stereocenters. The van der Waals surface area contributed by atoms with Crippen LogP contribution in [0.3, 0.4) is 0 Å². The maximum atomic E-state index is 11.4. The third-order valence-corrected chi connectivity index (χ3v) is 6.62. The lowest BCUT2D eigenvalue weighted by atomic mass is 9.53. The second kappa shape index (κ2) is 2.85. The summed E-state index contributed by atoms with van der Waals surface area (Å²) in [4.78, 5) is 0. The summed E-state index contributed by atoms with van der Waals surface area (Å²) >= 11 is 0. The zero-order valence-electron chi connectivity index (χ0n) is 11.2. The first-order valence-corrected chi connectivity index (χ1v) is 7.06. The molecule has 0 aromatic carbocycles. The zero-order chi connectivity index (χ0) is 11.8. The molecule has 1 nitrogen and oxygen atoms in total. The summed E-state index contributed by atoms with van der Waals surface area (Å²) in [6.45, 7) is 9.38. The second-order valence-electron chi connectivity index (χ2n) is 7.62. The first-order valence-electron chi connectivity index (χ1n) is 7.06. The molecule has 1 heteroatoms. The number of hydrogen-bond acceptors (Lipinski definition) is 1. The van der Waals surface area contributed by atoms with Crippen LogP contribution < -0.4 is 0 Å². The van der Waals surface area contributed by atoms with Crippen LogP contribution in [0.2, 0.25) is 0 Å². The molecule has 0 saturated heterocycles. The molecular weight excluding hydrogens is 196 g/mol. The monoisotopic (exact) mass is 222 g/mol. The van der Waals surface area contributed by atoms with Crippen LogP contribution >= 0.6 is 0 Å². The van der Waals surface area contributed by atoms with Crippen molar-refractivity contribution in [1.29, 1.82) is 0 Å². The SMILES string of the molecule is C[C@H]1CCC[C@]2(C)CC[C@@H]3[C@H](C3(C)C)[C@@]12O. The topological polar surface area (TPSA) is 20.2 Å². The van der Waals surface area contributed by atoms with Crippen molar-refractivity contribution in [2.24, 2.45) is 28.6 Å². The Hall–Kier alpha value is -0.0400. The van der Waals surface area contributed by atoms with Gasteiger partial charge < -0.3 is 5.11 Å². The molecule has 0 radical (unpaired) electrons. The van der Waals surface area contributed by atoms with Crippen LogP contribution in [-0.4, -0.2) is 10.7 Å². The standard InChI is InChI=1S/C15H26O/c1-10-6-5-8-14(4)9-7-11-12(13(11,2)3)15(10,14)16/h10-12,16H,5-9H2,1-4H3/t10-,11+,12+,14+,15-/m0/s1. The molecular formula is C15H26O. The van der Waals surface area contributed by atoms with E-state index in [1.807, 2.05) is 0 Å². The van der Waals surface area contributed by atoms with Crippen molar-refractivity contribution in [3.63, 3.8) is 0 Å². The zero-order valence-corrected chi connectivity index (χ0v) is 11.2. The van der Waals surface area contributed by atoms with Crippen molar-refractivity contribution in [1.82, 2.24) is 0 Å². The van der Waals surface area contributed by atoms with Gasteiger partial charge in [0, 0.05) is 0 Å². The van der Waals surface area contributed by atoms with Crippen molar-refractivity contribution in [2.45, 2.75) is 65.4 Å². The molecule has 0 aromatic heterocycles. The number of aliphatic hydroxyl groups is 1. The summed E-state index contributed by atoms with van der Waals surface area (Å²) < 4.78 is 0. The summed E-state index contributed by atoms with van der Waals surface area (Å²) in [5.74, 6) is 1.88. The average molecular weight is 222 g/mol. The number of rotatable bonds is 0. The van der Waals surface area contributed by atoms with E-state index in [4.69, 9.17) is 0 Å². The first kappa shape index (κ1) is 11.1. The molecule has 3 saturated carbocycles. The van der Waals surface area contributed by atoms with E-state index in [-0.39, 0.29) is 11.0 Å². The van der Waals surface area contributed by atoms with Gasteiger partial charge in [0.15, 0.2) is 0 Å². The average Bonchev–Trinajstić information content (AvgIpc) is 2.75. The number of fused-ring (bicyclic) bond motifs is 3. The van der Waals surface area contributed by atoms with Gasteiger partial charge in [0.25, 0.3) is 0 Å². The minimum Gasteiger partial charge on any atom is -0.389 e. The lowest BCUT2D eigenvalue weighted by Crippen LogP contribution is -2.58. The summed E-state index contributed by atoms with van der Waals surface area (Å²) in [5.41, 5.74) is 0.245. The van der Waals surface area contributed by atoms with E-state index in [1.165, 1.54) is 32.1 Å². The van der Waals surface area contributed by atoms with Gasteiger partial charge in [0.1, 0.15) is 0 Å². The Labute approximate surface area is 99.6 Å². The molecule has 0 bridgehead atoms. The molecule has 0 aliphatic heterocycles. The minimum absolute atomic E-state index is 0.208. The fraction of sp³-hybridized carbons (Fsp3) is 1.00. The van der Waals surface area contributed by atoms with Crippen molar-refractivity contribution in [3.8, 4) is 0 Å². The third-order valence-electron chi connectivity index (χ3n) is 6.62. The highest BCUT2D eigenvalue weighted by molar-refractivity contribution is 5.23. The molecule has 3 rings (SSSR count). The molecule has 0 heterocycles. The molecule has 0 spiro atoms. The van der Waals surface area contributed by atoms with Gasteiger partial charge in [-0.05, 0) is 54.3 Å². The van der Waals surface area contributed by atoms with E-state index < -0.39 is 0 Å². The van der Waals surface area contributed by atoms with Gasteiger partial charge >= 0.3 is 0 Å². The van der Waals surface area contributed by atoms with Gasteiger partial charge in [-0.15, -0.1) is 0 Å². The minimum atomic E-state index is -0.363. The smallest absolute Gasteiger partial charge is 0.0762 e. The van der Waals surface area contributed by atoms with Crippen LogP contribution in [0.4, 0.5) is 0 Å². The molecule has 0 amide bonds. The third kappa shape index (κ3) is 1.02. The van der Waals surface area contributed by atoms with Crippen LogP contribution in [0.5, 0.6) is 0 Å². The molecule has 16 heavy (non-hydrogen) atoms. The normalized spacial score (nSPS) is 58.7. The Bertz CT molecular complexity index is 321. The lowest BCUT2D eigenvalue weighted by molar-refractivity contribution is -0.178. The van der Waals surface area contributed by atoms with Crippen LogP contribution in [0.25, 0.3) is 0 Å². The summed E-state index contributed by atoms with van der Waals surface area (Å²) in [6, 6.07) is 0. The van der Waals surface area contributed by atoms with Crippen molar-refractivity contribution in [3.05, 3.63) is 0 Å². The van der Waals surface area contributed by atoms with Crippen LogP contribution in [-0.2, 0) is 0 Å². The van der Waals surface area contributed by atoms with E-state index in [0.29, 0.717) is 17.3 Å². The Morgan fingerprint density at radius 1 is 1.06 bits per heavy atom. The van der Waals surface area contributed by atoms with Gasteiger partial charge in [-0.2, -0.15) is 0 Å². The van der Waals surface area contributed by atoms with Crippen LogP contribution in [0, 0.1) is 28.6 Å². The van der Waals surface area contributed by atoms with E-state index >= 15 is 0 Å². The fourth-order valence-electron chi connectivity index (χ4n) is 5.45. The molecule has 3 fully saturated rings. The molecule has 3 aliphatic carbocycles. The Morgan fingerprint density at radius 3 is 2.44 bits per heavy atom. The Balaban J connectivity index is 2.03. The van der Waals surface area contributed by atoms with Gasteiger partial charge in [0.05, 0.1) is 5.60 Å². The second-order valence-corrected chi connectivity index (χ2v) is 7.62. The highest BCUT2D eigenvalue weighted by Crippen LogP contribution is 2.75. The van der Waals surface area contributed by atoms with E-state index in [0.717, 1.165) is 5.92 Å². The largest absolute Gasteiger partial charge is 0.389 e. The quantitative estimate of drug-likeness (QED) is 0.664. The van der Waals surface area contributed by atoms with Gasteiger partial charge in [-0.1, -0.05) is 34.1 Å². The molecule has 0 aromatic rings. The molecule has 1 N–H and O–H groups in total. The van der Waals surface area contributed by atoms with Crippen molar-refractivity contribution >= 4 is 0 Å². The lowest BCUT2D eigenvalue weighted by Gasteiger charge is -2.55. The highest BCUT2D eigenvalue weighted by Gasteiger charge is 2.74. The first-order chi connectivity index (χ1) is 7.34. The molecule has 3 aliphatic rings. The Kier molecular flexibility index (Phi) is 1.98. The van der Waals surface area contributed by atoms with Gasteiger partial charge in [-0.25, -0.2) is 0 Å². The van der Waals surface area contributed by atoms with Crippen LogP contribution in [0.15, 0.2) is 0 Å². The summed E-state index contributed by atoms with van der Waals surface area (Å²) in [5, 5.41) is 11.4. The van der Waals surface area contributed by atoms with Crippen LogP contribution in [0.1, 0.15) is 59.8 Å². The predicted molar refractivity (Wildman–Crippen MR) is 66.1 cm³/mol. The molecule has 92 valence electrons. The highest BCUT2D eigenvalue weighted by atomic mass is 16.3. The maximum absolute atomic E-state index is 11.4. The summed E-state index contributed by atoms with van der Waals surface area (Å²) in [6.07, 6.45) is 6.39. The number of hydrogen-bond donors (Lipinski definition) is 1. The van der Waals surface area contributed by atoms with E-state index in [2.05, 4.69) is 27.7 Å². The molecule has 0 unspecified atom stereocenters. The Morgan fingerprint density at radius 2 is 1.75 bits per heavy atom.